The van der Waals surface area contributed by atoms with E-state index >= 15 is 0 Å². The second-order valence-electron chi connectivity index (χ2n) is 12.4. The fourth-order valence-electron chi connectivity index (χ4n) is 5.75. The van der Waals surface area contributed by atoms with Gasteiger partial charge in [0.2, 0.25) is 11.8 Å². The third kappa shape index (κ3) is 8.50. The molecule has 0 radical (unpaired) electrons. The number of piperidine rings is 3. The minimum atomic E-state index is -0.620. The fraction of sp³-hybridized carbons (Fsp3) is 0.613. The van der Waals surface area contributed by atoms with Crippen molar-refractivity contribution in [1.82, 2.24) is 24.1 Å². The van der Waals surface area contributed by atoms with Crippen molar-refractivity contribution in [2.75, 3.05) is 32.8 Å². The molecule has 3 fully saturated rings. The molecule has 4 amide bonds. The minimum Gasteiger partial charge on any atom is -0.444 e. The summed E-state index contributed by atoms with van der Waals surface area (Å²) in [6, 6.07) is 5.02. The summed E-state index contributed by atoms with van der Waals surface area (Å²) in [5, 5.41) is 5.32. The first-order valence-electron chi connectivity index (χ1n) is 15.1. The number of hydrogen-bond donors (Lipinski definition) is 2. The Kier molecular flexibility index (Phi) is 9.96. The van der Waals surface area contributed by atoms with Gasteiger partial charge in [0.05, 0.1) is 6.10 Å². The molecule has 1 atom stereocenters. The van der Waals surface area contributed by atoms with Crippen LogP contribution in [-0.4, -0.2) is 93.9 Å². The summed E-state index contributed by atoms with van der Waals surface area (Å²) in [6.07, 6.45) is 4.12. The number of carbonyl (C=O) groups excluding carboxylic acids is 4. The van der Waals surface area contributed by atoms with E-state index in [0.717, 1.165) is 63.0 Å². The molecule has 4 aliphatic rings. The molecule has 43 heavy (non-hydrogen) atoms. The molecule has 232 valence electrons. The first kappa shape index (κ1) is 31.3. The van der Waals surface area contributed by atoms with Crippen LogP contribution in [0.2, 0.25) is 0 Å². The zero-order valence-electron chi connectivity index (χ0n) is 25.1. The van der Waals surface area contributed by atoms with Crippen LogP contribution in [0.25, 0.3) is 0 Å². The summed E-state index contributed by atoms with van der Waals surface area (Å²) in [6.45, 7) is 10.0. The smallest absolute Gasteiger partial charge is 0.407 e. The molecule has 1 unspecified atom stereocenters. The highest BCUT2D eigenvalue weighted by Crippen LogP contribution is 2.29. The van der Waals surface area contributed by atoms with Crippen molar-refractivity contribution in [1.29, 1.82) is 0 Å². The van der Waals surface area contributed by atoms with Gasteiger partial charge < -0.3 is 19.7 Å². The van der Waals surface area contributed by atoms with Crippen LogP contribution in [0, 0.1) is 11.8 Å². The molecule has 2 N–H and O–H groups in total. The molecule has 0 spiro atoms. The maximum Gasteiger partial charge on any atom is 0.407 e. The number of alkyl carbamates (subject to hydrolysis) is 1. The Morgan fingerprint density at radius 1 is 1.05 bits per heavy atom. The summed E-state index contributed by atoms with van der Waals surface area (Å²) in [7, 11) is 0. The third-order valence-corrected chi connectivity index (χ3v) is 9.15. The average molecular weight is 612 g/mol. The van der Waals surface area contributed by atoms with E-state index in [4.69, 9.17) is 9.47 Å². The Bertz CT molecular complexity index is 1290. The lowest BCUT2D eigenvalue weighted by atomic mass is 10.0. The number of nitrogens with zero attached hydrogens (tertiary/aromatic N) is 3. The lowest BCUT2D eigenvalue weighted by molar-refractivity contribution is -0.136. The number of imide groups is 1. The summed E-state index contributed by atoms with van der Waals surface area (Å²) in [4.78, 5) is 50.2. The van der Waals surface area contributed by atoms with Gasteiger partial charge >= 0.3 is 6.09 Å². The minimum absolute atomic E-state index is 0.152. The van der Waals surface area contributed by atoms with Crippen LogP contribution in [-0.2, 0) is 25.6 Å². The number of nitrogens with one attached hydrogen (secondary N) is 2. The zero-order valence-corrected chi connectivity index (χ0v) is 26.0. The van der Waals surface area contributed by atoms with E-state index < -0.39 is 17.6 Å². The molecular weight excluding hydrogens is 570 g/mol. The number of fused-ring (bicyclic) bond motifs is 1. The summed E-state index contributed by atoms with van der Waals surface area (Å²) in [5.41, 5.74) is 1.74. The average Bonchev–Trinajstić information content (AvgIpc) is 3.27. The van der Waals surface area contributed by atoms with Gasteiger partial charge in [-0.25, -0.2) is 13.4 Å². The molecular formula is C31H41N5O6S. The number of rotatable bonds is 6. The normalized spacial score (nSPS) is 22.5. The first-order valence-corrected chi connectivity index (χ1v) is 15.8. The number of amides is 4. The van der Waals surface area contributed by atoms with Crippen LogP contribution < -0.4 is 10.6 Å². The molecule has 5 rings (SSSR count). The zero-order chi connectivity index (χ0) is 30.6. The molecule has 0 saturated carbocycles. The number of hydrogen-bond acceptors (Lipinski definition) is 9. The van der Waals surface area contributed by atoms with Crippen LogP contribution in [0.1, 0.15) is 80.8 Å². The molecule has 0 bridgehead atoms. The van der Waals surface area contributed by atoms with Crippen molar-refractivity contribution in [3.8, 4) is 11.8 Å². The molecule has 1 aromatic rings. The number of benzene rings is 1. The number of ether oxygens (including phenoxy) is 2. The van der Waals surface area contributed by atoms with E-state index in [1.165, 1.54) is 0 Å². The van der Waals surface area contributed by atoms with Crippen LogP contribution in [0.15, 0.2) is 18.2 Å². The van der Waals surface area contributed by atoms with Crippen molar-refractivity contribution in [2.45, 2.75) is 89.6 Å². The Morgan fingerprint density at radius 3 is 2.42 bits per heavy atom. The number of carbonyl (C=O) groups is 4. The molecule has 0 aliphatic carbocycles. The second kappa shape index (κ2) is 13.7. The van der Waals surface area contributed by atoms with E-state index in [2.05, 4.69) is 31.1 Å². The van der Waals surface area contributed by atoms with Crippen molar-refractivity contribution in [3.63, 3.8) is 0 Å². The van der Waals surface area contributed by atoms with E-state index in [1.807, 2.05) is 32.9 Å². The van der Waals surface area contributed by atoms with E-state index in [1.54, 1.807) is 23.1 Å². The van der Waals surface area contributed by atoms with Gasteiger partial charge in [0.1, 0.15) is 18.2 Å². The predicted molar refractivity (Wildman–Crippen MR) is 161 cm³/mol. The SMILES string of the molecule is CC(C)(C)OC(=O)NC1CCN(SN2CCC(OCC#Cc3ccc4c(c3)CN(C3CCC(=O)NC3=O)C4=O)CC2)CC1. The lowest BCUT2D eigenvalue weighted by Gasteiger charge is -2.37. The fourth-order valence-corrected chi connectivity index (χ4v) is 6.82. The lowest BCUT2D eigenvalue weighted by Crippen LogP contribution is -2.52. The Morgan fingerprint density at radius 2 is 1.74 bits per heavy atom. The predicted octanol–water partition coefficient (Wildman–Crippen LogP) is 2.83. The molecule has 11 nitrogen and oxygen atoms in total. The van der Waals surface area contributed by atoms with Gasteiger partial charge in [-0.3, -0.25) is 19.7 Å². The van der Waals surface area contributed by atoms with E-state index in [-0.39, 0.29) is 36.5 Å². The second-order valence-corrected chi connectivity index (χ2v) is 13.6. The summed E-state index contributed by atoms with van der Waals surface area (Å²) < 4.78 is 16.2. The van der Waals surface area contributed by atoms with E-state index in [0.29, 0.717) is 25.1 Å². The van der Waals surface area contributed by atoms with Gasteiger partial charge in [0, 0.05) is 68.4 Å². The van der Waals surface area contributed by atoms with Crippen LogP contribution >= 0.6 is 12.1 Å². The molecule has 1 aromatic carbocycles. The highest BCUT2D eigenvalue weighted by atomic mass is 32.2. The third-order valence-electron chi connectivity index (χ3n) is 7.95. The van der Waals surface area contributed by atoms with Gasteiger partial charge in [0.25, 0.3) is 5.91 Å². The first-order chi connectivity index (χ1) is 20.5. The maximum absolute atomic E-state index is 12.9. The largest absolute Gasteiger partial charge is 0.444 e. The standard InChI is InChI=1S/C31H41N5O6S/c1-31(2,3)42-30(40)32-23-10-14-34(15-11-23)43-35-16-12-24(13-17-35)41-18-4-5-21-6-7-25-22(19-21)20-36(29(25)39)26-8-9-27(37)33-28(26)38/h6-7,19,23-24,26H,8-18,20H2,1-3H3,(H,32,40)(H,33,37,38). The Hall–Kier alpha value is -3.11. The molecule has 4 heterocycles. The highest BCUT2D eigenvalue weighted by Gasteiger charge is 2.39. The van der Waals surface area contributed by atoms with Crippen LogP contribution in [0.3, 0.4) is 0 Å². The van der Waals surface area contributed by atoms with Crippen LogP contribution in [0.5, 0.6) is 0 Å². The molecule has 0 aromatic heterocycles. The highest BCUT2D eigenvalue weighted by molar-refractivity contribution is 7.94. The van der Waals surface area contributed by atoms with Gasteiger partial charge in [0.15, 0.2) is 0 Å². The quantitative estimate of drug-likeness (QED) is 0.284. The monoisotopic (exact) mass is 611 g/mol. The van der Waals surface area contributed by atoms with Gasteiger partial charge in [-0.15, -0.1) is 0 Å². The van der Waals surface area contributed by atoms with Crippen molar-refractivity contribution in [3.05, 3.63) is 34.9 Å². The summed E-state index contributed by atoms with van der Waals surface area (Å²) in [5.74, 6) is 5.36. The summed E-state index contributed by atoms with van der Waals surface area (Å²) >= 11 is 1.79. The van der Waals surface area contributed by atoms with Gasteiger partial charge in [-0.05, 0) is 76.6 Å². The van der Waals surface area contributed by atoms with Crippen LogP contribution in [0.4, 0.5) is 4.79 Å². The van der Waals surface area contributed by atoms with Gasteiger partial charge in [-0.1, -0.05) is 11.8 Å². The Labute approximate surface area is 257 Å². The molecule has 3 saturated heterocycles. The maximum atomic E-state index is 12.9. The Balaban J connectivity index is 0.995. The van der Waals surface area contributed by atoms with Crippen molar-refractivity contribution >= 4 is 35.9 Å². The molecule has 12 heteroatoms. The molecule has 4 aliphatic heterocycles. The topological polar surface area (TPSA) is 121 Å². The van der Waals surface area contributed by atoms with Crippen molar-refractivity contribution < 1.29 is 28.7 Å². The van der Waals surface area contributed by atoms with E-state index in [9.17, 15) is 19.2 Å². The van der Waals surface area contributed by atoms with Gasteiger partial charge in [-0.2, -0.15) is 0 Å². The van der Waals surface area contributed by atoms with Crippen molar-refractivity contribution in [2.24, 2.45) is 0 Å².